The van der Waals surface area contributed by atoms with Crippen LogP contribution in [0.2, 0.25) is 0 Å². The number of hydrogen-bond donors (Lipinski definition) is 1. The van der Waals surface area contributed by atoms with Gasteiger partial charge in [0.25, 0.3) is 11.8 Å². The number of fused-ring (bicyclic) bond motifs is 1. The zero-order valence-electron chi connectivity index (χ0n) is 10.9. The van der Waals surface area contributed by atoms with Crippen LogP contribution in [0.25, 0.3) is 0 Å². The molecule has 1 aromatic rings. The third-order valence-electron chi connectivity index (χ3n) is 3.65. The molecule has 0 saturated carbocycles. The first-order valence-electron chi connectivity index (χ1n) is 6.51. The molecule has 7 heteroatoms. The van der Waals surface area contributed by atoms with Crippen LogP contribution in [0.4, 0.5) is 0 Å². The van der Waals surface area contributed by atoms with E-state index in [0.717, 1.165) is 4.90 Å². The number of rotatable bonds is 1. The first kappa shape index (κ1) is 13.9. The van der Waals surface area contributed by atoms with Crippen molar-refractivity contribution in [1.82, 2.24) is 10.2 Å². The Morgan fingerprint density at radius 2 is 1.90 bits per heavy atom. The molecule has 0 spiro atoms. The van der Waals surface area contributed by atoms with E-state index >= 15 is 0 Å². The zero-order valence-corrected chi connectivity index (χ0v) is 12.5. The maximum atomic E-state index is 12.5. The summed E-state index contributed by atoms with van der Waals surface area (Å²) in [4.78, 5) is 49.3. The van der Waals surface area contributed by atoms with Gasteiger partial charge < -0.3 is 0 Å². The summed E-state index contributed by atoms with van der Waals surface area (Å²) >= 11 is 3.25. The number of carbonyl (C=O) groups is 4. The van der Waals surface area contributed by atoms with Crippen molar-refractivity contribution in [2.75, 3.05) is 0 Å². The van der Waals surface area contributed by atoms with Gasteiger partial charge in [-0.05, 0) is 40.9 Å². The van der Waals surface area contributed by atoms with E-state index in [0.29, 0.717) is 17.3 Å². The van der Waals surface area contributed by atoms with Crippen molar-refractivity contribution in [3.05, 3.63) is 33.8 Å². The minimum Gasteiger partial charge on any atom is -0.295 e. The van der Waals surface area contributed by atoms with E-state index in [1.165, 1.54) is 0 Å². The minimum absolute atomic E-state index is 0.217. The molecule has 1 fully saturated rings. The Labute approximate surface area is 128 Å². The molecule has 0 aliphatic carbocycles. The van der Waals surface area contributed by atoms with E-state index in [4.69, 9.17) is 0 Å². The zero-order chi connectivity index (χ0) is 15.1. The fourth-order valence-corrected chi connectivity index (χ4v) is 3.20. The van der Waals surface area contributed by atoms with Gasteiger partial charge >= 0.3 is 0 Å². The van der Waals surface area contributed by atoms with Gasteiger partial charge in [-0.25, -0.2) is 0 Å². The summed E-state index contributed by atoms with van der Waals surface area (Å²) in [6.45, 7) is 0. The highest BCUT2D eigenvalue weighted by Crippen LogP contribution is 2.32. The van der Waals surface area contributed by atoms with E-state index in [9.17, 15) is 19.2 Å². The van der Waals surface area contributed by atoms with Crippen LogP contribution in [0.1, 0.15) is 40.0 Å². The molecule has 1 unspecified atom stereocenters. The Morgan fingerprint density at radius 3 is 2.62 bits per heavy atom. The molecule has 4 amide bonds. The Hall–Kier alpha value is -2.02. The SMILES string of the molecule is O=C1CCCC(N2C(=O)c3cccc(Br)c3C2=O)C(=O)N1. The number of hydrogen-bond acceptors (Lipinski definition) is 4. The van der Waals surface area contributed by atoms with Gasteiger partial charge in [-0.3, -0.25) is 29.4 Å². The molecular formula is C14H11BrN2O4. The van der Waals surface area contributed by atoms with E-state index in [1.54, 1.807) is 18.2 Å². The van der Waals surface area contributed by atoms with Crippen LogP contribution < -0.4 is 5.32 Å². The van der Waals surface area contributed by atoms with Crippen molar-refractivity contribution in [1.29, 1.82) is 0 Å². The topological polar surface area (TPSA) is 83.6 Å². The lowest BCUT2D eigenvalue weighted by atomic mass is 10.1. The van der Waals surface area contributed by atoms with Crippen LogP contribution >= 0.6 is 15.9 Å². The van der Waals surface area contributed by atoms with Crippen molar-refractivity contribution in [3.63, 3.8) is 0 Å². The second-order valence-corrected chi connectivity index (χ2v) is 5.82. The number of nitrogens with zero attached hydrogens (tertiary/aromatic N) is 1. The number of nitrogens with one attached hydrogen (secondary N) is 1. The minimum atomic E-state index is -0.934. The molecule has 0 bridgehead atoms. The summed E-state index contributed by atoms with van der Waals surface area (Å²) in [5, 5.41) is 2.22. The van der Waals surface area contributed by atoms with Crippen molar-refractivity contribution >= 4 is 39.6 Å². The summed E-state index contributed by atoms with van der Waals surface area (Å²) in [6.07, 6.45) is 0.965. The largest absolute Gasteiger partial charge is 0.295 e. The first-order valence-corrected chi connectivity index (χ1v) is 7.30. The molecule has 3 rings (SSSR count). The highest BCUT2D eigenvalue weighted by Gasteiger charge is 2.44. The van der Waals surface area contributed by atoms with Gasteiger partial charge in [-0.15, -0.1) is 0 Å². The second-order valence-electron chi connectivity index (χ2n) is 4.96. The highest BCUT2D eigenvalue weighted by molar-refractivity contribution is 9.10. The van der Waals surface area contributed by atoms with Gasteiger partial charge in [0, 0.05) is 10.9 Å². The number of halogens is 1. The predicted molar refractivity (Wildman–Crippen MR) is 75.4 cm³/mol. The van der Waals surface area contributed by atoms with Gasteiger partial charge in [0.1, 0.15) is 6.04 Å². The van der Waals surface area contributed by atoms with E-state index in [2.05, 4.69) is 21.2 Å². The molecule has 2 heterocycles. The summed E-state index contributed by atoms with van der Waals surface area (Å²) < 4.78 is 0.519. The molecule has 21 heavy (non-hydrogen) atoms. The lowest BCUT2D eigenvalue weighted by Gasteiger charge is -2.22. The third-order valence-corrected chi connectivity index (χ3v) is 4.31. The Bertz CT molecular complexity index is 686. The maximum absolute atomic E-state index is 12.5. The smallest absolute Gasteiger partial charge is 0.263 e. The van der Waals surface area contributed by atoms with Gasteiger partial charge in [0.05, 0.1) is 11.1 Å². The predicted octanol–water partition coefficient (Wildman–Crippen LogP) is 1.24. The highest BCUT2D eigenvalue weighted by atomic mass is 79.9. The standard InChI is InChI=1S/C14H11BrN2O4/c15-8-4-1-3-7-11(8)14(21)17(13(7)20)9-5-2-6-10(18)16-12(9)19/h1,3-4,9H,2,5-6H2,(H,16,18,19). The second kappa shape index (κ2) is 5.07. The average molecular weight is 351 g/mol. The molecular weight excluding hydrogens is 340 g/mol. The van der Waals surface area contributed by atoms with Gasteiger partial charge in [-0.1, -0.05) is 6.07 Å². The number of benzene rings is 1. The molecule has 1 aromatic carbocycles. The van der Waals surface area contributed by atoms with Crippen molar-refractivity contribution < 1.29 is 19.2 Å². The fraction of sp³-hybridized carbons (Fsp3) is 0.286. The van der Waals surface area contributed by atoms with Crippen molar-refractivity contribution in [3.8, 4) is 0 Å². The van der Waals surface area contributed by atoms with E-state index < -0.39 is 23.8 Å². The van der Waals surface area contributed by atoms with Crippen LogP contribution in [0.3, 0.4) is 0 Å². The van der Waals surface area contributed by atoms with E-state index in [-0.39, 0.29) is 23.5 Å². The molecule has 1 saturated heterocycles. The first-order chi connectivity index (χ1) is 10.0. The van der Waals surface area contributed by atoms with Gasteiger partial charge in [0.2, 0.25) is 11.8 Å². The van der Waals surface area contributed by atoms with Crippen LogP contribution in [0.5, 0.6) is 0 Å². The monoisotopic (exact) mass is 350 g/mol. The van der Waals surface area contributed by atoms with Crippen LogP contribution in [-0.2, 0) is 9.59 Å². The summed E-state index contributed by atoms with van der Waals surface area (Å²) in [6, 6.07) is 3.95. The molecule has 108 valence electrons. The molecule has 1 atom stereocenters. The Balaban J connectivity index is 2.00. The maximum Gasteiger partial charge on any atom is 0.263 e. The average Bonchev–Trinajstić information content (AvgIpc) is 2.57. The Kier molecular flexibility index (Phi) is 3.36. The van der Waals surface area contributed by atoms with Gasteiger partial charge in [0.15, 0.2) is 0 Å². The van der Waals surface area contributed by atoms with Crippen LogP contribution in [-0.4, -0.2) is 34.6 Å². The Morgan fingerprint density at radius 1 is 1.14 bits per heavy atom. The summed E-state index contributed by atoms with van der Waals surface area (Å²) in [5.41, 5.74) is 0.545. The quantitative estimate of drug-likeness (QED) is 0.772. The van der Waals surface area contributed by atoms with Crippen molar-refractivity contribution in [2.45, 2.75) is 25.3 Å². The molecule has 2 aliphatic rings. The lowest BCUT2D eigenvalue weighted by Crippen LogP contribution is -2.49. The molecule has 1 N–H and O–H groups in total. The van der Waals surface area contributed by atoms with Crippen LogP contribution in [0.15, 0.2) is 22.7 Å². The molecule has 2 aliphatic heterocycles. The summed E-state index contributed by atoms with van der Waals surface area (Å²) in [5.74, 6) is -1.97. The summed E-state index contributed by atoms with van der Waals surface area (Å²) in [7, 11) is 0. The van der Waals surface area contributed by atoms with Gasteiger partial charge in [-0.2, -0.15) is 0 Å². The van der Waals surface area contributed by atoms with E-state index in [1.807, 2.05) is 0 Å². The fourth-order valence-electron chi connectivity index (χ4n) is 2.66. The number of carbonyl (C=O) groups excluding carboxylic acids is 4. The number of imide groups is 2. The molecule has 0 radical (unpaired) electrons. The van der Waals surface area contributed by atoms with Crippen molar-refractivity contribution in [2.24, 2.45) is 0 Å². The normalized spacial score (nSPS) is 22.1. The molecule has 6 nitrogen and oxygen atoms in total. The third kappa shape index (κ3) is 2.17. The lowest BCUT2D eigenvalue weighted by molar-refractivity contribution is -0.131. The molecule has 0 aromatic heterocycles. The van der Waals surface area contributed by atoms with Crippen LogP contribution in [0, 0.1) is 0 Å². The number of amides is 4.